The van der Waals surface area contributed by atoms with Crippen molar-refractivity contribution in [3.63, 3.8) is 0 Å². The summed E-state index contributed by atoms with van der Waals surface area (Å²) in [5, 5.41) is 3.33. The Morgan fingerprint density at radius 3 is 2.19 bits per heavy atom. The van der Waals surface area contributed by atoms with Gasteiger partial charge in [0.25, 0.3) is 0 Å². The summed E-state index contributed by atoms with van der Waals surface area (Å²) in [6.07, 6.45) is 1.39. The molecule has 0 saturated heterocycles. The third kappa shape index (κ3) is 2.50. The summed E-state index contributed by atoms with van der Waals surface area (Å²) < 4.78 is 0. The molecule has 1 aliphatic carbocycles. The van der Waals surface area contributed by atoms with Crippen LogP contribution in [0, 0.1) is 0 Å². The number of fused-ring (bicyclic) bond motifs is 1. The van der Waals surface area contributed by atoms with E-state index >= 15 is 0 Å². The predicted molar refractivity (Wildman–Crippen MR) is 81.7 cm³/mol. The van der Waals surface area contributed by atoms with E-state index in [9.17, 15) is 9.59 Å². The zero-order valence-electron chi connectivity index (χ0n) is 11.7. The highest BCUT2D eigenvalue weighted by molar-refractivity contribution is 6.50. The summed E-state index contributed by atoms with van der Waals surface area (Å²) in [5.74, 6) is -0.917. The van der Waals surface area contributed by atoms with Crippen LogP contribution in [0.1, 0.15) is 34.5 Å². The molecule has 1 unspecified atom stereocenters. The number of ketones is 2. The molecule has 3 nitrogen and oxygen atoms in total. The van der Waals surface area contributed by atoms with Gasteiger partial charge in [-0.05, 0) is 12.5 Å². The summed E-state index contributed by atoms with van der Waals surface area (Å²) in [4.78, 5) is 23.7. The van der Waals surface area contributed by atoms with Gasteiger partial charge in [0.1, 0.15) is 0 Å². The first-order valence-corrected chi connectivity index (χ1v) is 6.88. The molecule has 0 fully saturated rings. The van der Waals surface area contributed by atoms with Crippen molar-refractivity contribution in [2.24, 2.45) is 0 Å². The van der Waals surface area contributed by atoms with E-state index in [1.807, 2.05) is 49.4 Å². The molecule has 104 valence electrons. The van der Waals surface area contributed by atoms with E-state index in [0.717, 1.165) is 11.1 Å². The van der Waals surface area contributed by atoms with Crippen molar-refractivity contribution in [3.05, 3.63) is 77.4 Å². The molecule has 1 aliphatic rings. The van der Waals surface area contributed by atoms with Gasteiger partial charge in [0.15, 0.2) is 0 Å². The molecule has 3 heteroatoms. The van der Waals surface area contributed by atoms with Crippen LogP contribution < -0.4 is 5.32 Å². The minimum atomic E-state index is -0.475. The van der Waals surface area contributed by atoms with E-state index in [1.54, 1.807) is 12.1 Å². The molecule has 0 saturated carbocycles. The summed E-state index contributed by atoms with van der Waals surface area (Å²) >= 11 is 0. The number of carbonyl (C=O) groups is 2. The van der Waals surface area contributed by atoms with Gasteiger partial charge in [-0.3, -0.25) is 9.59 Å². The number of Topliss-reactive ketones (excluding diaryl/α,β-unsaturated/α-hetero) is 1. The maximum atomic E-state index is 11.9. The number of hydrogen-bond donors (Lipinski definition) is 1. The van der Waals surface area contributed by atoms with E-state index < -0.39 is 11.6 Å². The summed E-state index contributed by atoms with van der Waals surface area (Å²) in [5.41, 5.74) is 3.07. The third-order valence-corrected chi connectivity index (χ3v) is 3.63. The average Bonchev–Trinajstić information content (AvgIpc) is 2.53. The average molecular weight is 277 g/mol. The zero-order chi connectivity index (χ0) is 14.8. The van der Waals surface area contributed by atoms with Crippen molar-refractivity contribution in [2.75, 3.05) is 0 Å². The first-order chi connectivity index (χ1) is 10.2. The highest BCUT2D eigenvalue weighted by Gasteiger charge is 2.25. The molecule has 0 bridgehead atoms. The molecule has 3 rings (SSSR count). The number of nitrogens with one attached hydrogen (secondary N) is 1. The molecule has 0 spiro atoms. The van der Waals surface area contributed by atoms with E-state index in [0.29, 0.717) is 11.3 Å². The van der Waals surface area contributed by atoms with E-state index in [2.05, 4.69) is 5.32 Å². The molecule has 0 radical (unpaired) electrons. The van der Waals surface area contributed by atoms with Crippen LogP contribution in [0.2, 0.25) is 0 Å². The minimum absolute atomic E-state index is 0.0477. The lowest BCUT2D eigenvalue weighted by Crippen LogP contribution is -2.26. The Hall–Kier alpha value is -2.68. The highest BCUT2D eigenvalue weighted by Crippen LogP contribution is 2.25. The molecule has 0 aliphatic heterocycles. The van der Waals surface area contributed by atoms with E-state index in [-0.39, 0.29) is 6.04 Å². The second-order valence-corrected chi connectivity index (χ2v) is 5.07. The summed E-state index contributed by atoms with van der Waals surface area (Å²) in [6.45, 7) is 2.03. The fourth-order valence-electron chi connectivity index (χ4n) is 2.50. The Kier molecular flexibility index (Phi) is 3.40. The van der Waals surface area contributed by atoms with Gasteiger partial charge in [0, 0.05) is 28.9 Å². The Morgan fingerprint density at radius 1 is 0.857 bits per heavy atom. The lowest BCUT2D eigenvalue weighted by molar-refractivity contribution is -0.111. The molecule has 0 heterocycles. The Bertz CT molecular complexity index is 732. The predicted octanol–water partition coefficient (Wildman–Crippen LogP) is 3.14. The lowest BCUT2D eigenvalue weighted by atomic mass is 9.92. The van der Waals surface area contributed by atoms with Crippen LogP contribution in [0.25, 0.3) is 5.70 Å². The molecule has 0 aromatic heterocycles. The molecule has 1 N–H and O–H groups in total. The van der Waals surface area contributed by atoms with Crippen molar-refractivity contribution in [1.82, 2.24) is 5.32 Å². The minimum Gasteiger partial charge on any atom is -0.378 e. The number of hydrogen-bond acceptors (Lipinski definition) is 3. The van der Waals surface area contributed by atoms with Crippen molar-refractivity contribution in [1.29, 1.82) is 0 Å². The largest absolute Gasteiger partial charge is 0.378 e. The second-order valence-electron chi connectivity index (χ2n) is 5.07. The van der Waals surface area contributed by atoms with Gasteiger partial charge < -0.3 is 5.32 Å². The van der Waals surface area contributed by atoms with Crippen molar-refractivity contribution in [2.45, 2.75) is 13.0 Å². The maximum absolute atomic E-state index is 11.9. The molecule has 0 amide bonds. The van der Waals surface area contributed by atoms with Gasteiger partial charge >= 0.3 is 0 Å². The van der Waals surface area contributed by atoms with Gasteiger partial charge in [-0.15, -0.1) is 0 Å². The SMILES string of the molecule is CC(NC1=CC(=O)C(=O)c2ccccc21)c1ccccc1. The van der Waals surface area contributed by atoms with Crippen LogP contribution in [0.3, 0.4) is 0 Å². The summed E-state index contributed by atoms with van der Waals surface area (Å²) in [7, 11) is 0. The molecule has 21 heavy (non-hydrogen) atoms. The number of allylic oxidation sites excluding steroid dienone is 1. The summed E-state index contributed by atoms with van der Waals surface area (Å²) in [6, 6.07) is 17.2. The maximum Gasteiger partial charge on any atom is 0.233 e. The monoisotopic (exact) mass is 277 g/mol. The first kappa shape index (κ1) is 13.3. The molecular formula is C18H15NO2. The smallest absolute Gasteiger partial charge is 0.233 e. The van der Waals surface area contributed by atoms with E-state index in [1.165, 1.54) is 6.08 Å². The fraction of sp³-hybridized carbons (Fsp3) is 0.111. The fourth-order valence-corrected chi connectivity index (χ4v) is 2.50. The first-order valence-electron chi connectivity index (χ1n) is 6.88. The Morgan fingerprint density at radius 2 is 1.48 bits per heavy atom. The Balaban J connectivity index is 1.94. The quantitative estimate of drug-likeness (QED) is 0.877. The van der Waals surface area contributed by atoms with E-state index in [4.69, 9.17) is 0 Å². The lowest BCUT2D eigenvalue weighted by Gasteiger charge is -2.22. The number of rotatable bonds is 3. The molecule has 1 atom stereocenters. The third-order valence-electron chi connectivity index (χ3n) is 3.63. The van der Waals surface area contributed by atoms with Gasteiger partial charge in [0.05, 0.1) is 0 Å². The van der Waals surface area contributed by atoms with Gasteiger partial charge in [-0.2, -0.15) is 0 Å². The van der Waals surface area contributed by atoms with Gasteiger partial charge in [-0.1, -0.05) is 54.6 Å². The zero-order valence-corrected chi connectivity index (χ0v) is 11.7. The molecule has 2 aromatic rings. The second kappa shape index (κ2) is 5.37. The van der Waals surface area contributed by atoms with Crippen LogP contribution in [-0.2, 0) is 4.79 Å². The number of carbonyl (C=O) groups excluding carboxylic acids is 2. The van der Waals surface area contributed by atoms with Gasteiger partial charge in [-0.25, -0.2) is 0 Å². The van der Waals surface area contributed by atoms with Crippen LogP contribution in [0.15, 0.2) is 60.7 Å². The van der Waals surface area contributed by atoms with Crippen molar-refractivity contribution < 1.29 is 9.59 Å². The van der Waals surface area contributed by atoms with Crippen LogP contribution >= 0.6 is 0 Å². The van der Waals surface area contributed by atoms with Crippen LogP contribution in [0.5, 0.6) is 0 Å². The molecular weight excluding hydrogens is 262 g/mol. The number of benzene rings is 2. The van der Waals surface area contributed by atoms with Gasteiger partial charge in [0.2, 0.25) is 11.6 Å². The van der Waals surface area contributed by atoms with Crippen molar-refractivity contribution in [3.8, 4) is 0 Å². The van der Waals surface area contributed by atoms with Crippen molar-refractivity contribution >= 4 is 17.3 Å². The highest BCUT2D eigenvalue weighted by atomic mass is 16.2. The van der Waals surface area contributed by atoms with Crippen LogP contribution in [-0.4, -0.2) is 11.6 Å². The molecule has 2 aromatic carbocycles. The normalized spacial score (nSPS) is 15.2. The topological polar surface area (TPSA) is 46.2 Å². The van der Waals surface area contributed by atoms with Crippen LogP contribution in [0.4, 0.5) is 0 Å². The standard InChI is InChI=1S/C18H15NO2/c1-12(13-7-3-2-4-8-13)19-16-11-17(20)18(21)15-10-6-5-9-14(15)16/h2-12,19H,1H3. The Labute approximate surface area is 123 Å².